The summed E-state index contributed by atoms with van der Waals surface area (Å²) in [6.45, 7) is 3.09. The molecule has 1 aliphatic rings. The number of halogens is 1. The summed E-state index contributed by atoms with van der Waals surface area (Å²) >= 11 is 0. The average Bonchev–Trinajstić information content (AvgIpc) is 3.19. The maximum absolute atomic E-state index is 13.1. The van der Waals surface area contributed by atoms with E-state index in [0.717, 1.165) is 17.2 Å². The van der Waals surface area contributed by atoms with Gasteiger partial charge in [0, 0.05) is 30.1 Å². The Bertz CT molecular complexity index is 1090. The molecule has 30 heavy (non-hydrogen) atoms. The first-order valence-electron chi connectivity index (χ1n) is 9.37. The van der Waals surface area contributed by atoms with E-state index in [2.05, 4.69) is 15.2 Å². The van der Waals surface area contributed by atoms with Gasteiger partial charge in [-0.2, -0.15) is 0 Å². The minimum absolute atomic E-state index is 0.0530. The predicted molar refractivity (Wildman–Crippen MR) is 107 cm³/mol. The lowest BCUT2D eigenvalue weighted by Gasteiger charge is -2.15. The molecule has 154 valence electrons. The number of nitrogens with two attached hydrogens (primary N) is 1. The first kappa shape index (κ1) is 19.7. The summed E-state index contributed by atoms with van der Waals surface area (Å²) in [5, 5.41) is 8.35. The minimum atomic E-state index is -0.377. The number of nitrogens with zero attached hydrogens (tertiary/aromatic N) is 4. The molecule has 1 aliphatic heterocycles. The normalized spacial score (nSPS) is 14.1. The number of fused-ring (bicyclic) bond motifs is 1. The maximum atomic E-state index is 13.1. The largest absolute Gasteiger partial charge is 0.473 e. The zero-order chi connectivity index (χ0) is 21.1. The Kier molecular flexibility index (Phi) is 5.53. The number of pyridine rings is 1. The fraction of sp³-hybridized carbons (Fsp3) is 0.238. The topological polar surface area (TPSA) is 105 Å². The first-order chi connectivity index (χ1) is 14.5. The van der Waals surface area contributed by atoms with Gasteiger partial charge in [0.1, 0.15) is 19.0 Å². The van der Waals surface area contributed by atoms with E-state index in [9.17, 15) is 9.18 Å². The molecule has 0 radical (unpaired) electrons. The van der Waals surface area contributed by atoms with Gasteiger partial charge in [-0.15, -0.1) is 10.2 Å². The lowest BCUT2D eigenvalue weighted by molar-refractivity contribution is -0.113. The number of carbonyl (C=O) groups excluding carboxylic acids is 1. The molecule has 0 bridgehead atoms. The number of aromatic nitrogens is 4. The highest BCUT2D eigenvalue weighted by molar-refractivity contribution is 6.00. The Morgan fingerprint density at radius 1 is 1.23 bits per heavy atom. The maximum Gasteiger partial charge on any atom is 0.213 e. The number of carbonyl (C=O) groups is 1. The molecule has 0 saturated carbocycles. The summed E-state index contributed by atoms with van der Waals surface area (Å²) in [6.07, 6.45) is 1.64. The van der Waals surface area contributed by atoms with Crippen molar-refractivity contribution < 1.29 is 18.7 Å². The highest BCUT2D eigenvalue weighted by Crippen LogP contribution is 2.22. The number of ether oxygens (including phenoxy) is 2. The van der Waals surface area contributed by atoms with E-state index in [1.165, 1.54) is 31.2 Å². The van der Waals surface area contributed by atoms with Crippen LogP contribution in [0.2, 0.25) is 0 Å². The second kappa shape index (κ2) is 8.42. The third-order valence-electron chi connectivity index (χ3n) is 4.78. The van der Waals surface area contributed by atoms with E-state index in [1.807, 2.05) is 10.6 Å². The molecule has 0 amide bonds. The van der Waals surface area contributed by atoms with Crippen molar-refractivity contribution in [1.29, 1.82) is 0 Å². The van der Waals surface area contributed by atoms with Crippen molar-refractivity contribution in [1.82, 2.24) is 19.7 Å². The molecule has 4 rings (SSSR count). The lowest BCUT2D eigenvalue weighted by atomic mass is 10.0. The van der Waals surface area contributed by atoms with E-state index in [0.29, 0.717) is 36.8 Å². The standard InChI is InChI=1S/C21H20FN5O3/c1-13(28)17(20(23)14-2-5-16(22)6-3-14)11-30-19-7-4-15(10-24-19)21-26-25-18-12-29-9-8-27(18)21/h2-7,10H,8-9,11-12,23H2,1H3/b20-17-. The number of Topliss-reactive ketones (excluding diaryl/α,β-unsaturated/α-hetero) is 1. The monoisotopic (exact) mass is 409 g/mol. The van der Waals surface area contributed by atoms with Crippen LogP contribution < -0.4 is 10.5 Å². The van der Waals surface area contributed by atoms with Gasteiger partial charge in [0.25, 0.3) is 0 Å². The van der Waals surface area contributed by atoms with Gasteiger partial charge in [-0.05, 0) is 42.8 Å². The summed E-state index contributed by atoms with van der Waals surface area (Å²) in [7, 11) is 0. The van der Waals surface area contributed by atoms with Crippen molar-refractivity contribution in [3.05, 3.63) is 65.4 Å². The van der Waals surface area contributed by atoms with Crippen LogP contribution >= 0.6 is 0 Å². The van der Waals surface area contributed by atoms with Crippen LogP contribution in [0.3, 0.4) is 0 Å². The predicted octanol–water partition coefficient (Wildman–Crippen LogP) is 2.35. The van der Waals surface area contributed by atoms with Crippen LogP contribution in [0.4, 0.5) is 4.39 Å². The minimum Gasteiger partial charge on any atom is -0.473 e. The van der Waals surface area contributed by atoms with Gasteiger partial charge in [0.15, 0.2) is 17.4 Å². The Morgan fingerprint density at radius 2 is 2.03 bits per heavy atom. The smallest absolute Gasteiger partial charge is 0.213 e. The van der Waals surface area contributed by atoms with Crippen molar-refractivity contribution >= 4 is 11.5 Å². The fourth-order valence-corrected chi connectivity index (χ4v) is 3.13. The third kappa shape index (κ3) is 4.06. The molecule has 3 heterocycles. The second-order valence-electron chi connectivity index (χ2n) is 6.77. The molecule has 0 fully saturated rings. The number of hydrogen-bond donors (Lipinski definition) is 1. The van der Waals surface area contributed by atoms with E-state index < -0.39 is 0 Å². The molecule has 0 unspecified atom stereocenters. The average molecular weight is 409 g/mol. The molecule has 2 N–H and O–H groups in total. The zero-order valence-electron chi connectivity index (χ0n) is 16.3. The van der Waals surface area contributed by atoms with Crippen LogP contribution in [-0.4, -0.2) is 38.7 Å². The Morgan fingerprint density at radius 3 is 2.73 bits per heavy atom. The van der Waals surface area contributed by atoms with Gasteiger partial charge in [-0.3, -0.25) is 4.79 Å². The molecule has 2 aromatic heterocycles. The number of ketones is 1. The molecule has 0 atom stereocenters. The first-order valence-corrected chi connectivity index (χ1v) is 9.37. The number of benzene rings is 1. The van der Waals surface area contributed by atoms with Crippen LogP contribution in [0.15, 0.2) is 48.2 Å². The van der Waals surface area contributed by atoms with Crippen LogP contribution in [0.25, 0.3) is 17.1 Å². The van der Waals surface area contributed by atoms with Crippen LogP contribution in [0.1, 0.15) is 18.3 Å². The lowest BCUT2D eigenvalue weighted by Crippen LogP contribution is -2.17. The molecule has 0 aliphatic carbocycles. The Balaban J connectivity index is 1.50. The van der Waals surface area contributed by atoms with Crippen molar-refractivity contribution in [2.45, 2.75) is 20.1 Å². The van der Waals surface area contributed by atoms with Crippen LogP contribution in [-0.2, 0) is 22.7 Å². The molecule has 1 aromatic carbocycles. The van der Waals surface area contributed by atoms with Crippen molar-refractivity contribution in [3.63, 3.8) is 0 Å². The van der Waals surface area contributed by atoms with Crippen molar-refractivity contribution in [2.24, 2.45) is 5.73 Å². The van der Waals surface area contributed by atoms with Crippen LogP contribution in [0, 0.1) is 5.82 Å². The summed E-state index contributed by atoms with van der Waals surface area (Å²) in [5.74, 6) is 1.23. The summed E-state index contributed by atoms with van der Waals surface area (Å²) < 4.78 is 26.2. The van der Waals surface area contributed by atoms with Gasteiger partial charge < -0.3 is 19.8 Å². The summed E-state index contributed by atoms with van der Waals surface area (Å²) in [4.78, 5) is 16.4. The molecule has 3 aromatic rings. The van der Waals surface area contributed by atoms with Gasteiger partial charge in [-0.25, -0.2) is 9.37 Å². The molecule has 8 nitrogen and oxygen atoms in total. The van der Waals surface area contributed by atoms with Crippen LogP contribution in [0.5, 0.6) is 5.88 Å². The molecule has 0 saturated heterocycles. The van der Waals surface area contributed by atoms with Gasteiger partial charge >= 0.3 is 0 Å². The van der Waals surface area contributed by atoms with E-state index in [-0.39, 0.29) is 23.9 Å². The third-order valence-corrected chi connectivity index (χ3v) is 4.78. The Labute approximate surface area is 172 Å². The van der Waals surface area contributed by atoms with Gasteiger partial charge in [0.05, 0.1) is 12.2 Å². The SMILES string of the molecule is CC(=O)/C(COc1ccc(-c2nnc3n2CCOC3)cn1)=C(\N)c1ccc(F)cc1. The number of hydrogen-bond acceptors (Lipinski definition) is 7. The Hall–Kier alpha value is -3.59. The van der Waals surface area contributed by atoms with E-state index in [1.54, 1.807) is 12.3 Å². The number of rotatable bonds is 6. The molecular weight excluding hydrogens is 389 g/mol. The summed E-state index contributed by atoms with van der Waals surface area (Å²) in [5.41, 5.74) is 8.00. The van der Waals surface area contributed by atoms with Crippen molar-refractivity contribution in [3.8, 4) is 17.3 Å². The molecular formula is C21H20FN5O3. The summed E-state index contributed by atoms with van der Waals surface area (Å²) in [6, 6.07) is 9.14. The zero-order valence-corrected chi connectivity index (χ0v) is 16.3. The highest BCUT2D eigenvalue weighted by Gasteiger charge is 2.18. The molecule has 9 heteroatoms. The van der Waals surface area contributed by atoms with Crippen molar-refractivity contribution in [2.75, 3.05) is 13.2 Å². The van der Waals surface area contributed by atoms with Gasteiger partial charge in [0.2, 0.25) is 5.88 Å². The fourth-order valence-electron chi connectivity index (χ4n) is 3.13. The van der Waals surface area contributed by atoms with E-state index in [4.69, 9.17) is 15.2 Å². The quantitative estimate of drug-likeness (QED) is 0.623. The van der Waals surface area contributed by atoms with Gasteiger partial charge in [-0.1, -0.05) is 0 Å². The second-order valence-corrected chi connectivity index (χ2v) is 6.77. The molecule has 0 spiro atoms. The van der Waals surface area contributed by atoms with E-state index >= 15 is 0 Å². The highest BCUT2D eigenvalue weighted by atomic mass is 19.1.